The van der Waals surface area contributed by atoms with Crippen LogP contribution in [0.2, 0.25) is 0 Å². The van der Waals surface area contributed by atoms with Gasteiger partial charge in [-0.05, 0) is 12.0 Å². The largest absolute Gasteiger partial charge is 0.383 e. The Morgan fingerprint density at radius 3 is 2.75 bits per heavy atom. The predicted molar refractivity (Wildman–Crippen MR) is 64.5 cm³/mol. The lowest BCUT2D eigenvalue weighted by Crippen LogP contribution is -2.26. The van der Waals surface area contributed by atoms with Crippen molar-refractivity contribution in [1.29, 1.82) is 0 Å². The topological polar surface area (TPSA) is 38.3 Å². The molecule has 0 aliphatic carbocycles. The van der Waals surface area contributed by atoms with E-state index < -0.39 is 0 Å². The van der Waals surface area contributed by atoms with E-state index in [0.29, 0.717) is 19.6 Å². The van der Waals surface area contributed by atoms with Crippen LogP contribution in [0.1, 0.15) is 12.0 Å². The molecule has 1 N–H and O–H groups in total. The Kier molecular flexibility index (Phi) is 6.45. The molecule has 16 heavy (non-hydrogen) atoms. The summed E-state index contributed by atoms with van der Waals surface area (Å²) in [6.45, 7) is 1.82. The Bertz CT molecular complexity index is 298. The van der Waals surface area contributed by atoms with Crippen LogP contribution in [0.4, 0.5) is 0 Å². The van der Waals surface area contributed by atoms with Gasteiger partial charge in [-0.25, -0.2) is 0 Å². The third-order valence-electron chi connectivity index (χ3n) is 2.34. The molecule has 0 unspecified atom stereocenters. The molecule has 0 radical (unpaired) electrons. The molecule has 0 amide bonds. The van der Waals surface area contributed by atoms with Crippen molar-refractivity contribution in [3.63, 3.8) is 0 Å². The van der Waals surface area contributed by atoms with E-state index in [0.717, 1.165) is 13.0 Å². The third kappa shape index (κ3) is 5.63. The molecular weight excluding hydrogens is 202 g/mol. The van der Waals surface area contributed by atoms with Gasteiger partial charge in [0.25, 0.3) is 0 Å². The lowest BCUT2D eigenvalue weighted by atomic mass is 10.1. The van der Waals surface area contributed by atoms with Gasteiger partial charge in [0.15, 0.2) is 0 Å². The number of hydrogen-bond donors (Lipinski definition) is 1. The maximum absolute atomic E-state index is 11.5. The number of ether oxygens (including phenoxy) is 1. The number of nitrogens with one attached hydrogen (secondary N) is 1. The number of Topliss-reactive ketones (excluding diaryl/α,β-unsaturated/α-hetero) is 1. The molecule has 0 spiro atoms. The van der Waals surface area contributed by atoms with Crippen LogP contribution >= 0.6 is 0 Å². The van der Waals surface area contributed by atoms with Crippen LogP contribution in [-0.4, -0.2) is 32.6 Å². The summed E-state index contributed by atoms with van der Waals surface area (Å²) in [5.74, 6) is 0.250. The summed E-state index contributed by atoms with van der Waals surface area (Å²) < 4.78 is 4.88. The number of aryl methyl sites for hydroxylation is 1. The van der Waals surface area contributed by atoms with Gasteiger partial charge in [-0.3, -0.25) is 4.79 Å². The second kappa shape index (κ2) is 8.02. The van der Waals surface area contributed by atoms with Gasteiger partial charge < -0.3 is 10.1 Å². The number of methoxy groups -OCH3 is 1. The minimum absolute atomic E-state index is 0.250. The van der Waals surface area contributed by atoms with E-state index in [1.165, 1.54) is 5.56 Å². The van der Waals surface area contributed by atoms with Crippen LogP contribution in [0.3, 0.4) is 0 Å². The molecule has 0 aliphatic rings. The summed E-state index contributed by atoms with van der Waals surface area (Å²) in [5.41, 5.74) is 1.22. The van der Waals surface area contributed by atoms with Crippen LogP contribution in [0.5, 0.6) is 0 Å². The number of carbonyl (C=O) groups is 1. The molecule has 1 aromatic rings. The summed E-state index contributed by atoms with van der Waals surface area (Å²) in [6.07, 6.45) is 1.43. The second-order valence-electron chi connectivity index (χ2n) is 3.69. The SMILES string of the molecule is COCCNCC(=O)CCc1ccccc1. The average molecular weight is 221 g/mol. The number of benzene rings is 1. The first-order valence-corrected chi connectivity index (χ1v) is 5.58. The van der Waals surface area contributed by atoms with Gasteiger partial charge in [-0.1, -0.05) is 30.3 Å². The average Bonchev–Trinajstić information content (AvgIpc) is 2.33. The molecule has 0 bridgehead atoms. The molecule has 0 saturated carbocycles. The van der Waals surface area contributed by atoms with Crippen molar-refractivity contribution in [3.8, 4) is 0 Å². The molecule has 3 nitrogen and oxygen atoms in total. The van der Waals surface area contributed by atoms with Crippen molar-refractivity contribution in [1.82, 2.24) is 5.32 Å². The quantitative estimate of drug-likeness (QED) is 0.675. The number of hydrogen-bond acceptors (Lipinski definition) is 3. The molecule has 3 heteroatoms. The fraction of sp³-hybridized carbons (Fsp3) is 0.462. The summed E-state index contributed by atoms with van der Waals surface area (Å²) in [4.78, 5) is 11.5. The summed E-state index contributed by atoms with van der Waals surface area (Å²) in [5, 5.41) is 3.05. The Hall–Kier alpha value is -1.19. The molecule has 0 atom stereocenters. The smallest absolute Gasteiger partial charge is 0.146 e. The van der Waals surface area contributed by atoms with Gasteiger partial charge in [-0.2, -0.15) is 0 Å². The van der Waals surface area contributed by atoms with E-state index >= 15 is 0 Å². The molecule has 0 fully saturated rings. The van der Waals surface area contributed by atoms with Crippen molar-refractivity contribution in [3.05, 3.63) is 35.9 Å². The van der Waals surface area contributed by atoms with Crippen LogP contribution in [0.15, 0.2) is 30.3 Å². The highest BCUT2D eigenvalue weighted by Crippen LogP contribution is 2.02. The minimum Gasteiger partial charge on any atom is -0.383 e. The highest BCUT2D eigenvalue weighted by atomic mass is 16.5. The van der Waals surface area contributed by atoms with Gasteiger partial charge in [-0.15, -0.1) is 0 Å². The van der Waals surface area contributed by atoms with Gasteiger partial charge in [0, 0.05) is 20.1 Å². The first-order chi connectivity index (χ1) is 7.83. The van der Waals surface area contributed by atoms with Gasteiger partial charge in [0.2, 0.25) is 0 Å². The van der Waals surface area contributed by atoms with Crippen molar-refractivity contribution in [2.24, 2.45) is 0 Å². The zero-order chi connectivity index (χ0) is 11.6. The zero-order valence-electron chi connectivity index (χ0n) is 9.74. The van der Waals surface area contributed by atoms with Crippen molar-refractivity contribution in [2.45, 2.75) is 12.8 Å². The van der Waals surface area contributed by atoms with Crippen molar-refractivity contribution in [2.75, 3.05) is 26.8 Å². The Morgan fingerprint density at radius 1 is 1.31 bits per heavy atom. The number of carbonyl (C=O) groups excluding carboxylic acids is 1. The Balaban J connectivity index is 2.11. The molecule has 1 rings (SSSR count). The van der Waals surface area contributed by atoms with E-state index in [-0.39, 0.29) is 5.78 Å². The van der Waals surface area contributed by atoms with Gasteiger partial charge in [0.1, 0.15) is 5.78 Å². The van der Waals surface area contributed by atoms with Crippen LogP contribution in [-0.2, 0) is 16.0 Å². The standard InChI is InChI=1S/C13H19NO2/c1-16-10-9-14-11-13(15)8-7-12-5-3-2-4-6-12/h2-6,14H,7-11H2,1H3. The monoisotopic (exact) mass is 221 g/mol. The van der Waals surface area contributed by atoms with E-state index in [2.05, 4.69) is 5.32 Å². The number of ketones is 1. The van der Waals surface area contributed by atoms with Crippen LogP contribution in [0.25, 0.3) is 0 Å². The zero-order valence-corrected chi connectivity index (χ0v) is 9.74. The van der Waals surface area contributed by atoms with Gasteiger partial charge >= 0.3 is 0 Å². The maximum atomic E-state index is 11.5. The minimum atomic E-state index is 0.250. The van der Waals surface area contributed by atoms with E-state index in [1.54, 1.807) is 7.11 Å². The molecule has 0 aromatic heterocycles. The lowest BCUT2D eigenvalue weighted by molar-refractivity contribution is -0.118. The van der Waals surface area contributed by atoms with Gasteiger partial charge in [0.05, 0.1) is 13.2 Å². The fourth-order valence-corrected chi connectivity index (χ4v) is 1.42. The lowest BCUT2D eigenvalue weighted by Gasteiger charge is -2.03. The molecule has 0 aliphatic heterocycles. The second-order valence-corrected chi connectivity index (χ2v) is 3.69. The summed E-state index contributed by atoms with van der Waals surface area (Å²) in [7, 11) is 1.65. The first kappa shape index (κ1) is 12.9. The van der Waals surface area contributed by atoms with Crippen LogP contribution < -0.4 is 5.32 Å². The fourth-order valence-electron chi connectivity index (χ4n) is 1.42. The number of rotatable bonds is 8. The van der Waals surface area contributed by atoms with E-state index in [9.17, 15) is 4.79 Å². The van der Waals surface area contributed by atoms with E-state index in [1.807, 2.05) is 30.3 Å². The molecular formula is C13H19NO2. The maximum Gasteiger partial charge on any atom is 0.146 e. The summed E-state index contributed by atoms with van der Waals surface area (Å²) >= 11 is 0. The predicted octanol–water partition coefficient (Wildman–Crippen LogP) is 1.42. The first-order valence-electron chi connectivity index (χ1n) is 5.58. The molecule has 0 saturated heterocycles. The Labute approximate surface area is 96.8 Å². The van der Waals surface area contributed by atoms with E-state index in [4.69, 9.17) is 4.74 Å². The normalized spacial score (nSPS) is 10.3. The highest BCUT2D eigenvalue weighted by molar-refractivity contribution is 5.80. The molecule has 1 aromatic carbocycles. The molecule has 88 valence electrons. The van der Waals surface area contributed by atoms with Crippen molar-refractivity contribution >= 4 is 5.78 Å². The van der Waals surface area contributed by atoms with Crippen LogP contribution in [0, 0.1) is 0 Å². The Morgan fingerprint density at radius 2 is 2.06 bits per heavy atom. The highest BCUT2D eigenvalue weighted by Gasteiger charge is 2.01. The third-order valence-corrected chi connectivity index (χ3v) is 2.34. The summed E-state index contributed by atoms with van der Waals surface area (Å²) in [6, 6.07) is 10.1. The van der Waals surface area contributed by atoms with Crippen molar-refractivity contribution < 1.29 is 9.53 Å². The molecule has 0 heterocycles.